The van der Waals surface area contributed by atoms with Gasteiger partial charge >= 0.3 is 0 Å². The molecule has 2 aromatic heterocycles. The first kappa shape index (κ1) is 14.7. The fourth-order valence-electron chi connectivity index (χ4n) is 2.54. The standard InChI is InChI=1S/C18H11ClFN3O/c19-13-3-1-12(2-4-13)16-11-22-9-10-23(18(24)17(22)21-16)15-7-5-14(20)6-8-15/h1-11H. The molecule has 6 heteroatoms. The van der Waals surface area contributed by atoms with Gasteiger partial charge in [-0.2, -0.15) is 0 Å². The summed E-state index contributed by atoms with van der Waals surface area (Å²) >= 11 is 5.90. The van der Waals surface area contributed by atoms with Crippen molar-refractivity contribution in [2.75, 3.05) is 0 Å². The van der Waals surface area contributed by atoms with Crippen molar-refractivity contribution in [1.29, 1.82) is 0 Å². The molecule has 0 spiro atoms. The van der Waals surface area contributed by atoms with Crippen LogP contribution in [0, 0.1) is 5.82 Å². The Morgan fingerprint density at radius 3 is 2.38 bits per heavy atom. The molecule has 0 fully saturated rings. The number of benzene rings is 2. The van der Waals surface area contributed by atoms with Crippen molar-refractivity contribution in [2.45, 2.75) is 0 Å². The molecule has 4 aromatic rings. The third-order valence-electron chi connectivity index (χ3n) is 3.76. The Labute approximate surface area is 141 Å². The van der Waals surface area contributed by atoms with Crippen LogP contribution in [0.1, 0.15) is 0 Å². The van der Waals surface area contributed by atoms with Gasteiger partial charge in [-0.05, 0) is 36.4 Å². The summed E-state index contributed by atoms with van der Waals surface area (Å²) in [6, 6.07) is 13.0. The van der Waals surface area contributed by atoms with E-state index in [1.165, 1.54) is 16.7 Å². The molecular weight excluding hydrogens is 329 g/mol. The van der Waals surface area contributed by atoms with Crippen molar-refractivity contribution >= 4 is 17.2 Å². The Morgan fingerprint density at radius 2 is 1.67 bits per heavy atom. The van der Waals surface area contributed by atoms with Crippen LogP contribution in [0.2, 0.25) is 5.02 Å². The van der Waals surface area contributed by atoms with Crippen LogP contribution in [-0.4, -0.2) is 14.0 Å². The third kappa shape index (κ3) is 2.49. The Kier molecular flexibility index (Phi) is 3.43. The molecule has 0 saturated carbocycles. The summed E-state index contributed by atoms with van der Waals surface area (Å²) in [6.07, 6.45) is 5.16. The molecule has 0 unspecified atom stereocenters. The van der Waals surface area contributed by atoms with Gasteiger partial charge in [0.1, 0.15) is 5.82 Å². The van der Waals surface area contributed by atoms with E-state index < -0.39 is 0 Å². The van der Waals surface area contributed by atoms with Gasteiger partial charge in [-0.3, -0.25) is 9.36 Å². The predicted octanol–water partition coefficient (Wildman–Crippen LogP) is 3.94. The van der Waals surface area contributed by atoms with Crippen molar-refractivity contribution < 1.29 is 4.39 Å². The molecule has 0 radical (unpaired) electrons. The number of nitrogens with zero attached hydrogens (tertiary/aromatic N) is 3. The molecule has 118 valence electrons. The van der Waals surface area contributed by atoms with Gasteiger partial charge in [0.25, 0.3) is 5.56 Å². The first-order valence-electron chi connectivity index (χ1n) is 7.24. The lowest BCUT2D eigenvalue weighted by atomic mass is 10.2. The molecule has 0 amide bonds. The number of aromatic nitrogens is 3. The molecule has 0 atom stereocenters. The second kappa shape index (κ2) is 5.62. The average molecular weight is 340 g/mol. The van der Waals surface area contributed by atoms with E-state index in [0.717, 1.165) is 5.56 Å². The van der Waals surface area contributed by atoms with Gasteiger partial charge in [0.2, 0.25) is 5.65 Å². The molecule has 0 aliphatic rings. The fourth-order valence-corrected chi connectivity index (χ4v) is 2.67. The van der Waals surface area contributed by atoms with Crippen LogP contribution in [0.3, 0.4) is 0 Å². The lowest BCUT2D eigenvalue weighted by Gasteiger charge is -2.05. The smallest absolute Gasteiger partial charge is 0.298 e. The molecule has 0 aliphatic carbocycles. The maximum absolute atomic E-state index is 13.1. The van der Waals surface area contributed by atoms with Crippen LogP contribution in [0.5, 0.6) is 0 Å². The summed E-state index contributed by atoms with van der Waals surface area (Å²) in [5.41, 5.74) is 2.16. The quantitative estimate of drug-likeness (QED) is 0.555. The largest absolute Gasteiger partial charge is 0.300 e. The van der Waals surface area contributed by atoms with Crippen molar-refractivity contribution in [2.24, 2.45) is 0 Å². The number of imidazole rings is 1. The van der Waals surface area contributed by atoms with Gasteiger partial charge < -0.3 is 4.40 Å². The lowest BCUT2D eigenvalue weighted by Crippen LogP contribution is -2.19. The first-order valence-corrected chi connectivity index (χ1v) is 7.62. The summed E-state index contributed by atoms with van der Waals surface area (Å²) in [4.78, 5) is 17.1. The highest BCUT2D eigenvalue weighted by Gasteiger charge is 2.10. The van der Waals surface area contributed by atoms with E-state index in [4.69, 9.17) is 11.6 Å². The van der Waals surface area contributed by atoms with E-state index >= 15 is 0 Å². The van der Waals surface area contributed by atoms with Gasteiger partial charge in [0, 0.05) is 34.9 Å². The van der Waals surface area contributed by atoms with Gasteiger partial charge in [-0.25, -0.2) is 9.37 Å². The Bertz CT molecular complexity index is 1080. The number of rotatable bonds is 2. The Morgan fingerprint density at radius 1 is 0.958 bits per heavy atom. The van der Waals surface area contributed by atoms with Crippen LogP contribution < -0.4 is 5.56 Å². The van der Waals surface area contributed by atoms with Crippen molar-refractivity contribution in [3.63, 3.8) is 0 Å². The third-order valence-corrected chi connectivity index (χ3v) is 4.02. The minimum absolute atomic E-state index is 0.274. The summed E-state index contributed by atoms with van der Waals surface area (Å²) < 4.78 is 16.2. The topological polar surface area (TPSA) is 39.3 Å². The Hall–Kier alpha value is -2.92. The van der Waals surface area contributed by atoms with Crippen LogP contribution >= 0.6 is 11.6 Å². The zero-order valence-electron chi connectivity index (χ0n) is 12.4. The molecule has 4 nitrogen and oxygen atoms in total. The number of halogens is 2. The molecule has 24 heavy (non-hydrogen) atoms. The van der Waals surface area contributed by atoms with Crippen molar-refractivity contribution in [1.82, 2.24) is 14.0 Å². The highest BCUT2D eigenvalue weighted by Crippen LogP contribution is 2.20. The number of hydrogen-bond donors (Lipinski definition) is 0. The van der Waals surface area contributed by atoms with E-state index in [9.17, 15) is 9.18 Å². The molecule has 0 saturated heterocycles. The zero-order chi connectivity index (χ0) is 16.7. The van der Waals surface area contributed by atoms with Crippen LogP contribution in [-0.2, 0) is 0 Å². The maximum atomic E-state index is 13.1. The van der Waals surface area contributed by atoms with Crippen LogP contribution in [0.4, 0.5) is 4.39 Å². The zero-order valence-corrected chi connectivity index (χ0v) is 13.1. The average Bonchev–Trinajstić information content (AvgIpc) is 3.02. The van der Waals surface area contributed by atoms with Gasteiger partial charge in [0.05, 0.1) is 5.69 Å². The van der Waals surface area contributed by atoms with Crippen LogP contribution in [0.25, 0.3) is 22.6 Å². The summed E-state index contributed by atoms with van der Waals surface area (Å²) in [5.74, 6) is -0.348. The van der Waals surface area contributed by atoms with E-state index in [2.05, 4.69) is 4.98 Å². The highest BCUT2D eigenvalue weighted by atomic mass is 35.5. The SMILES string of the molecule is O=c1c2nc(-c3ccc(Cl)cc3)cn2ccn1-c1ccc(F)cc1. The minimum Gasteiger partial charge on any atom is -0.300 e. The number of fused-ring (bicyclic) bond motifs is 1. The van der Waals surface area contributed by atoms with E-state index in [1.54, 1.807) is 47.3 Å². The molecule has 2 heterocycles. The van der Waals surface area contributed by atoms with Crippen LogP contribution in [0.15, 0.2) is 71.9 Å². The predicted molar refractivity (Wildman–Crippen MR) is 91.2 cm³/mol. The first-order chi connectivity index (χ1) is 11.6. The van der Waals surface area contributed by atoms with E-state index in [1.807, 2.05) is 12.1 Å². The van der Waals surface area contributed by atoms with Gasteiger partial charge in [0.15, 0.2) is 0 Å². The summed E-state index contributed by atoms with van der Waals surface area (Å²) in [6.45, 7) is 0. The number of hydrogen-bond acceptors (Lipinski definition) is 2. The Balaban J connectivity index is 1.86. The normalized spacial score (nSPS) is 11.1. The van der Waals surface area contributed by atoms with Gasteiger partial charge in [-0.1, -0.05) is 23.7 Å². The van der Waals surface area contributed by atoms with E-state index in [0.29, 0.717) is 22.1 Å². The minimum atomic E-state index is -0.348. The van der Waals surface area contributed by atoms with E-state index in [-0.39, 0.29) is 11.4 Å². The highest BCUT2D eigenvalue weighted by molar-refractivity contribution is 6.30. The molecule has 0 N–H and O–H groups in total. The van der Waals surface area contributed by atoms with Crippen molar-refractivity contribution in [3.8, 4) is 16.9 Å². The molecular formula is C18H11ClFN3O. The van der Waals surface area contributed by atoms with Crippen molar-refractivity contribution in [3.05, 3.63) is 88.3 Å². The monoisotopic (exact) mass is 339 g/mol. The molecule has 2 aromatic carbocycles. The lowest BCUT2D eigenvalue weighted by molar-refractivity contribution is 0.627. The molecule has 0 bridgehead atoms. The maximum Gasteiger partial charge on any atom is 0.298 e. The summed E-state index contributed by atoms with van der Waals surface area (Å²) in [5, 5.41) is 0.640. The summed E-state index contributed by atoms with van der Waals surface area (Å²) in [7, 11) is 0. The molecule has 0 aliphatic heterocycles. The second-order valence-electron chi connectivity index (χ2n) is 5.31. The van der Waals surface area contributed by atoms with Gasteiger partial charge in [-0.15, -0.1) is 0 Å². The fraction of sp³-hybridized carbons (Fsp3) is 0. The molecule has 4 rings (SSSR count). The second-order valence-corrected chi connectivity index (χ2v) is 5.75.